The first-order valence-corrected chi connectivity index (χ1v) is 6.16. The summed E-state index contributed by atoms with van der Waals surface area (Å²) in [5.41, 5.74) is 0.901. The minimum absolute atomic E-state index is 0.0262. The lowest BCUT2D eigenvalue weighted by molar-refractivity contribution is -0.142. The van der Waals surface area contributed by atoms with Crippen molar-refractivity contribution >= 4 is 23.1 Å². The van der Waals surface area contributed by atoms with Gasteiger partial charge in [-0.1, -0.05) is 6.92 Å². The van der Waals surface area contributed by atoms with Gasteiger partial charge in [-0.05, 0) is 6.42 Å². The number of rotatable bonds is 6. The van der Waals surface area contributed by atoms with Crippen LogP contribution in [0.2, 0.25) is 0 Å². The van der Waals surface area contributed by atoms with Crippen molar-refractivity contribution in [3.05, 3.63) is 18.3 Å². The van der Waals surface area contributed by atoms with Crippen molar-refractivity contribution < 1.29 is 19.8 Å². The molecule has 2 heterocycles. The van der Waals surface area contributed by atoms with Crippen molar-refractivity contribution in [2.75, 3.05) is 0 Å². The monoisotopic (exact) mass is 278 g/mol. The van der Waals surface area contributed by atoms with Crippen molar-refractivity contribution in [3.63, 3.8) is 0 Å². The molecule has 2 aromatic heterocycles. The molecule has 0 aliphatic heterocycles. The van der Waals surface area contributed by atoms with Crippen LogP contribution in [0.5, 0.6) is 0 Å². The molecule has 106 valence electrons. The van der Waals surface area contributed by atoms with Crippen LogP contribution in [0.4, 0.5) is 0 Å². The summed E-state index contributed by atoms with van der Waals surface area (Å²) in [6.45, 7) is 1.89. The summed E-state index contributed by atoms with van der Waals surface area (Å²) in [4.78, 5) is 34.3. The summed E-state index contributed by atoms with van der Waals surface area (Å²) in [7, 11) is 0. The fourth-order valence-electron chi connectivity index (χ4n) is 1.90. The van der Waals surface area contributed by atoms with E-state index in [0.29, 0.717) is 23.4 Å². The van der Waals surface area contributed by atoms with Crippen LogP contribution in [0.15, 0.2) is 12.5 Å². The lowest BCUT2D eigenvalue weighted by Crippen LogP contribution is -2.20. The predicted molar refractivity (Wildman–Crippen MR) is 68.2 cm³/mol. The molecule has 0 aromatic carbocycles. The fourth-order valence-corrected chi connectivity index (χ4v) is 1.90. The molecule has 1 unspecified atom stereocenters. The van der Waals surface area contributed by atoms with Crippen LogP contribution in [0.3, 0.4) is 0 Å². The van der Waals surface area contributed by atoms with Gasteiger partial charge in [0.05, 0.1) is 12.5 Å². The maximum atomic E-state index is 11.3. The molecule has 2 rings (SSSR count). The zero-order valence-electron chi connectivity index (χ0n) is 10.9. The molecule has 0 saturated heterocycles. The van der Waals surface area contributed by atoms with E-state index in [2.05, 4.69) is 15.0 Å². The molecule has 0 fully saturated rings. The van der Waals surface area contributed by atoms with Crippen LogP contribution in [0.25, 0.3) is 11.2 Å². The Labute approximate surface area is 114 Å². The molecule has 2 N–H and O–H groups in total. The van der Waals surface area contributed by atoms with Gasteiger partial charge in [0.15, 0.2) is 5.65 Å². The van der Waals surface area contributed by atoms with Crippen molar-refractivity contribution in [3.8, 4) is 0 Å². The number of hydrogen-bond donors (Lipinski definition) is 2. The number of fused-ring (bicyclic) bond motifs is 1. The summed E-state index contributed by atoms with van der Waals surface area (Å²) in [5, 5.41) is 18.0. The topological polar surface area (TPSA) is 118 Å². The van der Waals surface area contributed by atoms with Gasteiger partial charge >= 0.3 is 11.9 Å². The smallest absolute Gasteiger partial charge is 0.326 e. The van der Waals surface area contributed by atoms with Gasteiger partial charge in [-0.2, -0.15) is 0 Å². The van der Waals surface area contributed by atoms with Crippen LogP contribution in [-0.2, 0) is 16.0 Å². The van der Waals surface area contributed by atoms with Crippen LogP contribution >= 0.6 is 0 Å². The van der Waals surface area contributed by atoms with Gasteiger partial charge in [-0.25, -0.2) is 19.7 Å². The van der Waals surface area contributed by atoms with Gasteiger partial charge in [0.1, 0.15) is 17.4 Å². The third-order valence-electron chi connectivity index (χ3n) is 2.93. The van der Waals surface area contributed by atoms with Gasteiger partial charge in [0.25, 0.3) is 0 Å². The molecule has 0 aliphatic carbocycles. The molecule has 0 aliphatic rings. The van der Waals surface area contributed by atoms with E-state index in [4.69, 9.17) is 5.11 Å². The van der Waals surface area contributed by atoms with E-state index in [0.717, 1.165) is 0 Å². The number of carboxylic acid groups (broad SMARTS) is 2. The molecule has 0 spiro atoms. The van der Waals surface area contributed by atoms with Crippen molar-refractivity contribution in [2.45, 2.75) is 32.2 Å². The first-order valence-electron chi connectivity index (χ1n) is 6.16. The summed E-state index contributed by atoms with van der Waals surface area (Å²) in [5.74, 6) is -1.56. The van der Waals surface area contributed by atoms with E-state index in [1.54, 1.807) is 0 Å². The quantitative estimate of drug-likeness (QED) is 0.805. The Hall–Kier alpha value is -2.51. The number of carbonyl (C=O) groups is 2. The number of aromatic nitrogens is 4. The minimum atomic E-state index is -1.11. The summed E-state index contributed by atoms with van der Waals surface area (Å²) < 4.78 is 1.39. The number of aryl methyl sites for hydroxylation is 1. The number of imidazole rings is 1. The molecular formula is C12H14N4O4. The third kappa shape index (κ3) is 2.73. The Morgan fingerprint density at radius 2 is 2.10 bits per heavy atom. The molecule has 20 heavy (non-hydrogen) atoms. The predicted octanol–water partition coefficient (Wildman–Crippen LogP) is 0.879. The highest BCUT2D eigenvalue weighted by molar-refractivity contribution is 5.77. The SMILES string of the molecule is CCc1ncc2ncn(C(CCC(=O)O)C(=O)O)c2n1. The van der Waals surface area contributed by atoms with Crippen molar-refractivity contribution in [1.29, 1.82) is 0 Å². The van der Waals surface area contributed by atoms with Crippen molar-refractivity contribution in [1.82, 2.24) is 19.5 Å². The first kappa shape index (κ1) is 13.9. The fraction of sp³-hybridized carbons (Fsp3) is 0.417. The highest BCUT2D eigenvalue weighted by atomic mass is 16.4. The molecule has 0 amide bonds. The molecule has 0 saturated carbocycles. The molecule has 8 nitrogen and oxygen atoms in total. The highest BCUT2D eigenvalue weighted by Gasteiger charge is 2.23. The molecule has 1 atom stereocenters. The normalized spacial score (nSPS) is 12.4. The maximum absolute atomic E-state index is 11.3. The van der Waals surface area contributed by atoms with Gasteiger partial charge in [-0.3, -0.25) is 4.79 Å². The van der Waals surface area contributed by atoms with Crippen LogP contribution in [-0.4, -0.2) is 41.7 Å². The largest absolute Gasteiger partial charge is 0.481 e. The van der Waals surface area contributed by atoms with Gasteiger partial charge in [0.2, 0.25) is 0 Å². The van der Waals surface area contributed by atoms with Crippen LogP contribution in [0.1, 0.15) is 31.6 Å². The Kier molecular flexibility index (Phi) is 3.92. The third-order valence-corrected chi connectivity index (χ3v) is 2.93. The first-order chi connectivity index (χ1) is 9.52. The second kappa shape index (κ2) is 5.64. The Bertz CT molecular complexity index is 652. The van der Waals surface area contributed by atoms with Gasteiger partial charge < -0.3 is 14.8 Å². The number of carboxylic acids is 2. The van der Waals surface area contributed by atoms with E-state index >= 15 is 0 Å². The zero-order valence-corrected chi connectivity index (χ0v) is 10.9. The van der Waals surface area contributed by atoms with Crippen LogP contribution < -0.4 is 0 Å². The maximum Gasteiger partial charge on any atom is 0.326 e. The van der Waals surface area contributed by atoms with Gasteiger partial charge in [0, 0.05) is 12.8 Å². The summed E-state index contributed by atoms with van der Waals surface area (Å²) in [6, 6.07) is -1.00. The van der Waals surface area contributed by atoms with E-state index < -0.39 is 18.0 Å². The molecule has 0 bridgehead atoms. The van der Waals surface area contributed by atoms with Crippen molar-refractivity contribution in [2.24, 2.45) is 0 Å². The average molecular weight is 278 g/mol. The molecule has 0 radical (unpaired) electrons. The summed E-state index contributed by atoms with van der Waals surface area (Å²) in [6.07, 6.45) is 3.26. The van der Waals surface area contributed by atoms with E-state index in [-0.39, 0.29) is 12.8 Å². The standard InChI is InChI=1S/C12H14N4O4/c1-2-9-13-5-7-11(15-9)16(6-14-7)8(12(19)20)3-4-10(17)18/h5-6,8H,2-4H2,1H3,(H,17,18)(H,19,20). The second-order valence-corrected chi connectivity index (χ2v) is 4.29. The Morgan fingerprint density at radius 1 is 1.35 bits per heavy atom. The number of hydrogen-bond acceptors (Lipinski definition) is 5. The lowest BCUT2D eigenvalue weighted by Gasteiger charge is -2.13. The molecule has 8 heteroatoms. The number of aliphatic carboxylic acids is 2. The van der Waals surface area contributed by atoms with Gasteiger partial charge in [-0.15, -0.1) is 0 Å². The zero-order chi connectivity index (χ0) is 14.7. The lowest BCUT2D eigenvalue weighted by atomic mass is 10.1. The van der Waals surface area contributed by atoms with E-state index in [1.807, 2.05) is 6.92 Å². The van der Waals surface area contributed by atoms with E-state index in [1.165, 1.54) is 17.1 Å². The van der Waals surface area contributed by atoms with Crippen LogP contribution in [0, 0.1) is 0 Å². The Morgan fingerprint density at radius 3 is 2.70 bits per heavy atom. The highest BCUT2D eigenvalue weighted by Crippen LogP contribution is 2.20. The minimum Gasteiger partial charge on any atom is -0.481 e. The number of nitrogens with zero attached hydrogens (tertiary/aromatic N) is 4. The summed E-state index contributed by atoms with van der Waals surface area (Å²) >= 11 is 0. The van der Waals surface area contributed by atoms with E-state index in [9.17, 15) is 14.7 Å². The average Bonchev–Trinajstić information content (AvgIpc) is 2.81. The molecular weight excluding hydrogens is 264 g/mol. The molecule has 2 aromatic rings. The second-order valence-electron chi connectivity index (χ2n) is 4.29. The Balaban J connectivity index is 2.42.